The first kappa shape index (κ1) is 11.8. The van der Waals surface area contributed by atoms with Gasteiger partial charge in [0.25, 0.3) is 0 Å². The highest BCUT2D eigenvalue weighted by Gasteiger charge is 2.11. The highest BCUT2D eigenvalue weighted by Crippen LogP contribution is 2.24. The molecule has 15 heavy (non-hydrogen) atoms. The number of methoxy groups -OCH3 is 1. The Balaban J connectivity index is 3.18. The Bertz CT molecular complexity index is 361. The Morgan fingerprint density at radius 1 is 1.60 bits per heavy atom. The van der Waals surface area contributed by atoms with Crippen LogP contribution in [0, 0.1) is 6.92 Å². The molecule has 0 saturated carbocycles. The minimum Gasteiger partial charge on any atom is -0.481 e. The predicted octanol–water partition coefficient (Wildman–Crippen LogP) is 1.52. The summed E-state index contributed by atoms with van der Waals surface area (Å²) in [6.45, 7) is 4.02. The van der Waals surface area contributed by atoms with Gasteiger partial charge >= 0.3 is 0 Å². The number of nitrogens with zero attached hydrogens (tertiary/aromatic N) is 2. The lowest BCUT2D eigenvalue weighted by atomic mass is 10.1. The molecule has 0 aliphatic rings. The molecule has 0 aromatic carbocycles. The molecule has 1 rings (SSSR count). The second kappa shape index (κ2) is 4.98. The summed E-state index contributed by atoms with van der Waals surface area (Å²) in [5.41, 5.74) is 2.84. The Morgan fingerprint density at radius 2 is 2.27 bits per heavy atom. The van der Waals surface area contributed by atoms with Crippen LogP contribution in [0.5, 0.6) is 5.88 Å². The molecule has 84 valence electrons. The Labute approximate surface area is 90.2 Å². The van der Waals surface area contributed by atoms with E-state index in [1.54, 1.807) is 11.8 Å². The lowest BCUT2D eigenvalue weighted by molar-refractivity contribution is 0.329. The van der Waals surface area contributed by atoms with E-state index in [9.17, 15) is 0 Å². The summed E-state index contributed by atoms with van der Waals surface area (Å²) in [5, 5.41) is 13.4. The van der Waals surface area contributed by atoms with Crippen molar-refractivity contribution in [1.29, 1.82) is 0 Å². The van der Waals surface area contributed by atoms with E-state index in [2.05, 4.69) is 5.10 Å². The minimum atomic E-state index is 0.0774. The second-order valence-corrected chi connectivity index (χ2v) is 3.45. The molecule has 4 heteroatoms. The van der Waals surface area contributed by atoms with E-state index in [-0.39, 0.29) is 6.61 Å². The van der Waals surface area contributed by atoms with Gasteiger partial charge in [0.05, 0.1) is 25.0 Å². The molecule has 0 bridgehead atoms. The SMILES string of the molecule is CCC(=Cc1c(C)nn(C)c1OC)CO. The van der Waals surface area contributed by atoms with E-state index >= 15 is 0 Å². The van der Waals surface area contributed by atoms with E-state index in [0.29, 0.717) is 0 Å². The van der Waals surface area contributed by atoms with E-state index in [1.165, 1.54) is 0 Å². The minimum absolute atomic E-state index is 0.0774. The van der Waals surface area contributed by atoms with Crippen molar-refractivity contribution in [2.24, 2.45) is 7.05 Å². The fourth-order valence-corrected chi connectivity index (χ4v) is 1.53. The number of hydrogen-bond acceptors (Lipinski definition) is 3. The lowest BCUT2D eigenvalue weighted by Gasteiger charge is -2.03. The van der Waals surface area contributed by atoms with Crippen LogP contribution in [0.3, 0.4) is 0 Å². The summed E-state index contributed by atoms with van der Waals surface area (Å²) in [6, 6.07) is 0. The van der Waals surface area contributed by atoms with Crippen LogP contribution in [-0.2, 0) is 7.05 Å². The average Bonchev–Trinajstić information content (AvgIpc) is 2.49. The second-order valence-electron chi connectivity index (χ2n) is 3.45. The van der Waals surface area contributed by atoms with Crippen molar-refractivity contribution in [2.75, 3.05) is 13.7 Å². The molecule has 1 N–H and O–H groups in total. The summed E-state index contributed by atoms with van der Waals surface area (Å²) >= 11 is 0. The quantitative estimate of drug-likeness (QED) is 0.819. The van der Waals surface area contributed by atoms with Crippen LogP contribution in [0.25, 0.3) is 6.08 Å². The van der Waals surface area contributed by atoms with Crippen molar-refractivity contribution in [2.45, 2.75) is 20.3 Å². The number of ether oxygens (including phenoxy) is 1. The maximum atomic E-state index is 9.11. The number of rotatable bonds is 4. The van der Waals surface area contributed by atoms with Crippen LogP contribution in [0.4, 0.5) is 0 Å². The van der Waals surface area contributed by atoms with E-state index in [1.807, 2.05) is 27.0 Å². The molecule has 0 atom stereocenters. The van der Waals surface area contributed by atoms with E-state index in [0.717, 1.165) is 29.1 Å². The summed E-state index contributed by atoms with van der Waals surface area (Å²) < 4.78 is 6.96. The molecule has 1 aromatic rings. The zero-order valence-corrected chi connectivity index (χ0v) is 9.74. The molecule has 0 fully saturated rings. The van der Waals surface area contributed by atoms with Crippen molar-refractivity contribution in [3.05, 3.63) is 16.8 Å². The molecule has 0 saturated heterocycles. The largest absolute Gasteiger partial charge is 0.481 e. The molecule has 4 nitrogen and oxygen atoms in total. The Kier molecular flexibility index (Phi) is 3.91. The molecular formula is C11H18N2O2. The number of aliphatic hydroxyl groups excluding tert-OH is 1. The van der Waals surface area contributed by atoms with Crippen molar-refractivity contribution in [1.82, 2.24) is 9.78 Å². The van der Waals surface area contributed by atoms with Gasteiger partial charge in [-0.1, -0.05) is 6.92 Å². The number of hydrogen-bond donors (Lipinski definition) is 1. The Morgan fingerprint density at radius 3 is 2.73 bits per heavy atom. The topological polar surface area (TPSA) is 47.3 Å². The van der Waals surface area contributed by atoms with Gasteiger partial charge in [0.15, 0.2) is 0 Å². The van der Waals surface area contributed by atoms with Gasteiger partial charge in [0.2, 0.25) is 5.88 Å². The number of aryl methyl sites for hydroxylation is 2. The highest BCUT2D eigenvalue weighted by atomic mass is 16.5. The smallest absolute Gasteiger partial charge is 0.218 e. The third-order valence-corrected chi connectivity index (χ3v) is 2.41. The third kappa shape index (κ3) is 2.39. The van der Waals surface area contributed by atoms with Gasteiger partial charge in [-0.2, -0.15) is 5.10 Å². The summed E-state index contributed by atoms with van der Waals surface area (Å²) in [6.07, 6.45) is 2.77. The van der Waals surface area contributed by atoms with Crippen molar-refractivity contribution >= 4 is 6.08 Å². The fraction of sp³-hybridized carbons (Fsp3) is 0.545. The Hall–Kier alpha value is -1.29. The molecule has 0 aliphatic heterocycles. The van der Waals surface area contributed by atoms with Crippen LogP contribution < -0.4 is 4.74 Å². The van der Waals surface area contributed by atoms with Gasteiger partial charge in [-0.05, 0) is 25.0 Å². The fourth-order valence-electron chi connectivity index (χ4n) is 1.53. The summed E-state index contributed by atoms with van der Waals surface area (Å²) in [5.74, 6) is 0.729. The van der Waals surface area contributed by atoms with E-state index in [4.69, 9.17) is 9.84 Å². The predicted molar refractivity (Wildman–Crippen MR) is 59.9 cm³/mol. The first-order valence-corrected chi connectivity index (χ1v) is 5.01. The van der Waals surface area contributed by atoms with Crippen molar-refractivity contribution in [3.8, 4) is 5.88 Å². The van der Waals surface area contributed by atoms with Crippen LogP contribution in [0.2, 0.25) is 0 Å². The lowest BCUT2D eigenvalue weighted by Crippen LogP contribution is -1.96. The van der Waals surface area contributed by atoms with Gasteiger partial charge in [-0.15, -0.1) is 0 Å². The maximum Gasteiger partial charge on any atom is 0.218 e. The number of aliphatic hydroxyl groups is 1. The van der Waals surface area contributed by atoms with Crippen molar-refractivity contribution < 1.29 is 9.84 Å². The molecule has 0 unspecified atom stereocenters. The summed E-state index contributed by atoms with van der Waals surface area (Å²) in [7, 11) is 3.46. The molecular weight excluding hydrogens is 192 g/mol. The molecule has 0 spiro atoms. The van der Waals surface area contributed by atoms with Gasteiger partial charge < -0.3 is 9.84 Å². The third-order valence-electron chi connectivity index (χ3n) is 2.41. The monoisotopic (exact) mass is 210 g/mol. The number of aromatic nitrogens is 2. The van der Waals surface area contributed by atoms with E-state index < -0.39 is 0 Å². The van der Waals surface area contributed by atoms with Crippen LogP contribution >= 0.6 is 0 Å². The molecule has 1 aromatic heterocycles. The van der Waals surface area contributed by atoms with Gasteiger partial charge in [0, 0.05) is 7.05 Å². The first-order valence-electron chi connectivity index (χ1n) is 5.01. The van der Waals surface area contributed by atoms with Crippen LogP contribution in [-0.4, -0.2) is 28.6 Å². The van der Waals surface area contributed by atoms with Gasteiger partial charge in [-0.3, -0.25) is 0 Å². The van der Waals surface area contributed by atoms with Crippen LogP contribution in [0.15, 0.2) is 5.57 Å². The van der Waals surface area contributed by atoms with Gasteiger partial charge in [0.1, 0.15) is 0 Å². The maximum absolute atomic E-state index is 9.11. The highest BCUT2D eigenvalue weighted by molar-refractivity contribution is 5.60. The molecule has 1 heterocycles. The van der Waals surface area contributed by atoms with Crippen molar-refractivity contribution in [3.63, 3.8) is 0 Å². The normalized spacial score (nSPS) is 11.9. The average molecular weight is 210 g/mol. The van der Waals surface area contributed by atoms with Gasteiger partial charge in [-0.25, -0.2) is 4.68 Å². The zero-order chi connectivity index (χ0) is 11.4. The van der Waals surface area contributed by atoms with Crippen LogP contribution in [0.1, 0.15) is 24.6 Å². The molecule has 0 aliphatic carbocycles. The standard InChI is InChI=1S/C11H18N2O2/c1-5-9(7-14)6-10-8(2)12-13(3)11(10)15-4/h6,14H,5,7H2,1-4H3. The first-order chi connectivity index (χ1) is 7.13. The summed E-state index contributed by atoms with van der Waals surface area (Å²) in [4.78, 5) is 0. The molecule has 0 radical (unpaired) electrons. The molecule has 0 amide bonds. The zero-order valence-electron chi connectivity index (χ0n) is 9.74.